The van der Waals surface area contributed by atoms with E-state index >= 15 is 0 Å². The largest absolute Gasteiger partial charge is 0.496 e. The summed E-state index contributed by atoms with van der Waals surface area (Å²) in [4.78, 5) is 11.5. The van der Waals surface area contributed by atoms with Gasteiger partial charge in [-0.1, -0.05) is 18.2 Å². The van der Waals surface area contributed by atoms with E-state index in [-0.39, 0.29) is 12.6 Å². The summed E-state index contributed by atoms with van der Waals surface area (Å²) in [5, 5.41) is 2.65. The Kier molecular flexibility index (Phi) is 5.18. The van der Waals surface area contributed by atoms with Gasteiger partial charge in [0.15, 0.2) is 0 Å². The molecule has 3 N–H and O–H groups in total. The molecule has 0 aliphatic heterocycles. The van der Waals surface area contributed by atoms with Crippen LogP contribution in [0.5, 0.6) is 5.75 Å². The highest BCUT2D eigenvalue weighted by Gasteiger charge is 2.17. The molecule has 5 nitrogen and oxygen atoms in total. The summed E-state index contributed by atoms with van der Waals surface area (Å²) in [7, 11) is 1.59. The first-order valence-corrected chi connectivity index (χ1v) is 6.19. The van der Waals surface area contributed by atoms with Crippen molar-refractivity contribution in [3.63, 3.8) is 0 Å². The van der Waals surface area contributed by atoms with Gasteiger partial charge in [-0.2, -0.15) is 0 Å². The zero-order chi connectivity index (χ0) is 14.5. The molecule has 19 heavy (non-hydrogen) atoms. The minimum absolute atomic E-state index is 0.287. The van der Waals surface area contributed by atoms with Crippen molar-refractivity contribution >= 4 is 6.09 Å². The molecule has 0 saturated carbocycles. The molecule has 0 aromatic heterocycles. The average Bonchev–Trinajstić information content (AvgIpc) is 2.33. The zero-order valence-corrected chi connectivity index (χ0v) is 11.9. The van der Waals surface area contributed by atoms with E-state index in [1.165, 1.54) is 0 Å². The Balaban J connectivity index is 2.56. The van der Waals surface area contributed by atoms with Crippen LogP contribution in [0.25, 0.3) is 0 Å². The van der Waals surface area contributed by atoms with Crippen molar-refractivity contribution in [1.29, 1.82) is 0 Å². The van der Waals surface area contributed by atoms with Crippen LogP contribution >= 0.6 is 0 Å². The van der Waals surface area contributed by atoms with Gasteiger partial charge in [-0.15, -0.1) is 0 Å². The molecule has 0 radical (unpaired) electrons. The fourth-order valence-corrected chi connectivity index (χ4v) is 1.59. The van der Waals surface area contributed by atoms with Crippen molar-refractivity contribution in [1.82, 2.24) is 5.32 Å². The average molecular weight is 266 g/mol. The second kappa shape index (κ2) is 6.43. The molecular weight excluding hydrogens is 244 g/mol. The van der Waals surface area contributed by atoms with Crippen LogP contribution in [0.15, 0.2) is 24.3 Å². The minimum atomic E-state index is -0.515. The van der Waals surface area contributed by atoms with Crippen LogP contribution in [0.1, 0.15) is 32.4 Å². The number of para-hydroxylation sites is 1. The van der Waals surface area contributed by atoms with Crippen LogP contribution in [0.3, 0.4) is 0 Å². The second-order valence-corrected chi connectivity index (χ2v) is 5.23. The fourth-order valence-electron chi connectivity index (χ4n) is 1.59. The normalized spacial score (nSPS) is 12.7. The molecule has 106 valence electrons. The van der Waals surface area contributed by atoms with Gasteiger partial charge in [-0.05, 0) is 26.8 Å². The Bertz CT molecular complexity index is 427. The van der Waals surface area contributed by atoms with Gasteiger partial charge < -0.3 is 20.5 Å². The number of rotatable bonds is 4. The molecule has 0 heterocycles. The molecule has 0 saturated heterocycles. The van der Waals surface area contributed by atoms with E-state index in [9.17, 15) is 4.79 Å². The summed E-state index contributed by atoms with van der Waals surface area (Å²) in [6, 6.07) is 7.12. The molecule has 5 heteroatoms. The molecule has 0 aliphatic carbocycles. The van der Waals surface area contributed by atoms with Crippen molar-refractivity contribution in [2.45, 2.75) is 32.4 Å². The number of nitrogens with one attached hydrogen (secondary N) is 1. The Morgan fingerprint density at radius 2 is 2.00 bits per heavy atom. The van der Waals surface area contributed by atoms with Gasteiger partial charge in [0.05, 0.1) is 13.2 Å². The van der Waals surface area contributed by atoms with Crippen LogP contribution in [0.4, 0.5) is 4.79 Å². The van der Waals surface area contributed by atoms with Crippen molar-refractivity contribution in [2.75, 3.05) is 13.7 Å². The number of amides is 1. The third-order valence-corrected chi connectivity index (χ3v) is 2.40. The number of benzene rings is 1. The molecule has 0 aliphatic rings. The van der Waals surface area contributed by atoms with Crippen LogP contribution < -0.4 is 15.8 Å². The monoisotopic (exact) mass is 266 g/mol. The van der Waals surface area contributed by atoms with Crippen molar-refractivity contribution < 1.29 is 14.3 Å². The number of hydrogen-bond acceptors (Lipinski definition) is 4. The second-order valence-electron chi connectivity index (χ2n) is 5.23. The molecule has 1 aromatic rings. The number of nitrogens with two attached hydrogens (primary N) is 1. The van der Waals surface area contributed by atoms with Gasteiger partial charge in [0.1, 0.15) is 11.4 Å². The zero-order valence-electron chi connectivity index (χ0n) is 11.9. The predicted molar refractivity (Wildman–Crippen MR) is 74.2 cm³/mol. The van der Waals surface area contributed by atoms with E-state index in [0.717, 1.165) is 5.56 Å². The first kappa shape index (κ1) is 15.3. The molecule has 1 rings (SSSR count). The summed E-state index contributed by atoms with van der Waals surface area (Å²) >= 11 is 0. The van der Waals surface area contributed by atoms with Gasteiger partial charge in [0.2, 0.25) is 0 Å². The number of hydrogen-bond donors (Lipinski definition) is 2. The highest BCUT2D eigenvalue weighted by Crippen LogP contribution is 2.22. The third-order valence-electron chi connectivity index (χ3n) is 2.40. The van der Waals surface area contributed by atoms with E-state index in [1.807, 2.05) is 45.0 Å². The SMILES string of the molecule is COc1ccccc1C(N)CNC(=O)OC(C)(C)C. The van der Waals surface area contributed by atoms with Gasteiger partial charge in [0.25, 0.3) is 0 Å². The molecular formula is C14H22N2O3. The van der Waals surface area contributed by atoms with E-state index in [0.29, 0.717) is 5.75 Å². The van der Waals surface area contributed by atoms with Crippen LogP contribution in [-0.4, -0.2) is 25.3 Å². The van der Waals surface area contributed by atoms with E-state index in [1.54, 1.807) is 7.11 Å². The summed E-state index contributed by atoms with van der Waals surface area (Å²) in [5.41, 5.74) is 6.37. The highest BCUT2D eigenvalue weighted by molar-refractivity contribution is 5.67. The molecule has 1 unspecified atom stereocenters. The van der Waals surface area contributed by atoms with Crippen molar-refractivity contribution in [3.05, 3.63) is 29.8 Å². The van der Waals surface area contributed by atoms with Crippen LogP contribution in [0, 0.1) is 0 Å². The lowest BCUT2D eigenvalue weighted by Crippen LogP contribution is -2.36. The summed E-state index contributed by atoms with van der Waals surface area (Å²) in [5.74, 6) is 0.709. The van der Waals surface area contributed by atoms with E-state index in [4.69, 9.17) is 15.2 Å². The van der Waals surface area contributed by atoms with Crippen molar-refractivity contribution in [2.24, 2.45) is 5.73 Å². The summed E-state index contributed by atoms with van der Waals surface area (Å²) < 4.78 is 10.4. The molecule has 0 bridgehead atoms. The molecule has 1 amide bonds. The van der Waals surface area contributed by atoms with Crippen LogP contribution in [0.2, 0.25) is 0 Å². The smallest absolute Gasteiger partial charge is 0.407 e. The lowest BCUT2D eigenvalue weighted by Gasteiger charge is -2.21. The first-order chi connectivity index (χ1) is 8.83. The van der Waals surface area contributed by atoms with E-state index in [2.05, 4.69) is 5.32 Å². The number of ether oxygens (including phenoxy) is 2. The van der Waals surface area contributed by atoms with Gasteiger partial charge in [-0.3, -0.25) is 0 Å². The minimum Gasteiger partial charge on any atom is -0.496 e. The number of methoxy groups -OCH3 is 1. The van der Waals surface area contributed by atoms with Gasteiger partial charge in [0, 0.05) is 12.1 Å². The van der Waals surface area contributed by atoms with Crippen molar-refractivity contribution in [3.8, 4) is 5.75 Å². The number of carbonyl (C=O) groups is 1. The maximum atomic E-state index is 11.5. The predicted octanol–water partition coefficient (Wildman–Crippen LogP) is 2.22. The Labute approximate surface area is 114 Å². The molecule has 1 atom stereocenters. The lowest BCUT2D eigenvalue weighted by molar-refractivity contribution is 0.0524. The highest BCUT2D eigenvalue weighted by atomic mass is 16.6. The summed E-state index contributed by atoms with van der Waals surface area (Å²) in [6.07, 6.45) is -0.474. The molecule has 0 fully saturated rings. The standard InChI is InChI=1S/C14H22N2O3/c1-14(2,3)19-13(17)16-9-11(15)10-7-5-6-8-12(10)18-4/h5-8,11H,9,15H2,1-4H3,(H,16,17). The summed E-state index contributed by atoms with van der Waals surface area (Å²) in [6.45, 7) is 5.72. The fraction of sp³-hybridized carbons (Fsp3) is 0.500. The quantitative estimate of drug-likeness (QED) is 0.876. The number of alkyl carbamates (subject to hydrolysis) is 1. The van der Waals surface area contributed by atoms with Crippen LogP contribution in [-0.2, 0) is 4.74 Å². The first-order valence-electron chi connectivity index (χ1n) is 6.19. The maximum absolute atomic E-state index is 11.5. The molecule has 0 spiro atoms. The van der Waals surface area contributed by atoms with Gasteiger partial charge >= 0.3 is 6.09 Å². The number of carbonyl (C=O) groups excluding carboxylic acids is 1. The Hall–Kier alpha value is -1.75. The third kappa shape index (κ3) is 5.18. The maximum Gasteiger partial charge on any atom is 0.407 e. The van der Waals surface area contributed by atoms with E-state index < -0.39 is 11.7 Å². The Morgan fingerprint density at radius 3 is 2.58 bits per heavy atom. The Morgan fingerprint density at radius 1 is 1.37 bits per heavy atom. The lowest BCUT2D eigenvalue weighted by atomic mass is 10.1. The molecule has 1 aromatic carbocycles. The van der Waals surface area contributed by atoms with Gasteiger partial charge in [-0.25, -0.2) is 4.79 Å². The topological polar surface area (TPSA) is 73.6 Å².